The molecular weight excluding hydrogens is 1070 g/mol. The Kier molecular flexibility index (Phi) is 34.7. The summed E-state index contributed by atoms with van der Waals surface area (Å²) in [6.07, 6.45) is 5.66. The normalized spacial score (nSPS) is 12.5. The second-order valence-corrected chi connectivity index (χ2v) is 17.6. The number of nitrogens with two attached hydrogens (primary N) is 1. The van der Waals surface area contributed by atoms with Gasteiger partial charge in [0.15, 0.2) is 16.5 Å². The number of aryl methyl sites for hydroxylation is 1. The van der Waals surface area contributed by atoms with Gasteiger partial charge in [-0.1, -0.05) is 6.92 Å². The predicted octanol–water partition coefficient (Wildman–Crippen LogP) is 3.71. The van der Waals surface area contributed by atoms with E-state index >= 15 is 0 Å². The number of fused-ring (bicyclic) bond motifs is 1. The molecule has 0 unspecified atom stereocenters. The van der Waals surface area contributed by atoms with Gasteiger partial charge in [-0.2, -0.15) is 22.3 Å². The van der Waals surface area contributed by atoms with Crippen LogP contribution in [0.5, 0.6) is 5.75 Å². The van der Waals surface area contributed by atoms with E-state index in [0.29, 0.717) is 142 Å². The van der Waals surface area contributed by atoms with Crippen molar-refractivity contribution in [2.75, 3.05) is 158 Å². The molecule has 2 amide bonds. The van der Waals surface area contributed by atoms with Gasteiger partial charge in [0.25, 0.3) is 5.91 Å². The first-order chi connectivity index (χ1) is 37.7. The molecule has 25 nitrogen and oxygen atoms in total. The highest BCUT2D eigenvalue weighted by Gasteiger charge is 2.34. The molecule has 1 aromatic carbocycles. The average Bonchev–Trinajstić information content (AvgIpc) is 3.70. The molecule has 0 radical (unpaired) electrons. The standard InChI is InChI=1S/C48H74F4N6O19S/c1-3-10-58(76-4-2)47(60)36-33-38-37(56-39(53)34-36)35-55-57(38)11-7-5-6-9-54-48(61)75-32-31-74-30-29-73-28-27-72-26-25-71-24-23-70-22-21-69-20-19-68-18-17-67-16-15-66-14-13-65-12-8-40(59)77-45-41(49)43(51)46(78(62,63)64)44(52)42(45)50/h33,35H,3-32,34H2,1-2H3,(H2,53,56)(H,54,61)(H,62,63,64). The molecule has 3 rings (SSSR count). The highest BCUT2D eigenvalue weighted by atomic mass is 32.2. The molecule has 444 valence electrons. The summed E-state index contributed by atoms with van der Waals surface area (Å²) >= 11 is 0. The summed E-state index contributed by atoms with van der Waals surface area (Å²) < 4.78 is 152. The van der Waals surface area contributed by atoms with Crippen LogP contribution in [0.3, 0.4) is 0 Å². The largest absolute Gasteiger partial charge is 0.447 e. The topological polar surface area (TPSA) is 297 Å². The molecule has 30 heteroatoms. The summed E-state index contributed by atoms with van der Waals surface area (Å²) in [5.74, 6) is -12.6. The number of aliphatic imine (C=N–C) groups is 1. The van der Waals surface area contributed by atoms with Crippen molar-refractivity contribution in [3.05, 3.63) is 40.7 Å². The molecule has 2 heterocycles. The number of amides is 2. The van der Waals surface area contributed by atoms with Gasteiger partial charge in [0, 0.05) is 31.6 Å². The molecule has 0 bridgehead atoms. The number of halogens is 4. The second-order valence-electron chi connectivity index (χ2n) is 16.3. The van der Waals surface area contributed by atoms with Crippen LogP contribution in [0.1, 0.15) is 58.1 Å². The van der Waals surface area contributed by atoms with Crippen LogP contribution in [0.25, 0.3) is 6.08 Å². The van der Waals surface area contributed by atoms with E-state index in [9.17, 15) is 40.4 Å². The maximum absolute atomic E-state index is 14.0. The number of rotatable bonds is 46. The number of carbonyl (C=O) groups is 3. The van der Waals surface area contributed by atoms with Gasteiger partial charge in [-0.15, -0.1) is 0 Å². The average molecular weight is 1150 g/mol. The van der Waals surface area contributed by atoms with Crippen molar-refractivity contribution in [3.63, 3.8) is 0 Å². The number of ether oxygens (including phenoxy) is 12. The summed E-state index contributed by atoms with van der Waals surface area (Å²) in [6, 6.07) is 0. The van der Waals surface area contributed by atoms with Gasteiger partial charge in [-0.3, -0.25) is 23.7 Å². The number of nitrogens with zero attached hydrogens (tertiary/aromatic N) is 4. The van der Waals surface area contributed by atoms with E-state index in [1.807, 2.05) is 18.5 Å². The Bertz CT molecular complexity index is 2210. The fourth-order valence-electron chi connectivity index (χ4n) is 6.59. The Labute approximate surface area is 450 Å². The molecule has 0 aliphatic carbocycles. The van der Waals surface area contributed by atoms with Gasteiger partial charge < -0.3 is 67.9 Å². The van der Waals surface area contributed by atoms with E-state index in [2.05, 4.69) is 20.1 Å². The highest BCUT2D eigenvalue weighted by Crippen LogP contribution is 2.33. The van der Waals surface area contributed by atoms with Crippen molar-refractivity contribution in [1.82, 2.24) is 20.2 Å². The monoisotopic (exact) mass is 1150 g/mol. The van der Waals surface area contributed by atoms with E-state index in [4.69, 9.17) is 67.2 Å². The van der Waals surface area contributed by atoms with Gasteiger partial charge in [0.2, 0.25) is 17.4 Å². The minimum Gasteiger partial charge on any atom is -0.447 e. The SMILES string of the molecule is CCCN(OCC)C(=O)C1=Cc2c(cnn2CCCCCNC(=O)OCCOCCOCCOCCOCCOCCOCCOCCOCCOCCOCCC(=O)Oc2c(F)c(F)c(S(=O)(=O)O)c(F)c2F)N=C(N)C1. The molecule has 0 saturated carbocycles. The third kappa shape index (κ3) is 27.3. The number of nitrogens with one attached hydrogen (secondary N) is 1. The zero-order valence-electron chi connectivity index (χ0n) is 44.2. The van der Waals surface area contributed by atoms with E-state index in [1.165, 1.54) is 5.06 Å². The zero-order chi connectivity index (χ0) is 56.8. The Morgan fingerprint density at radius 3 is 1.59 bits per heavy atom. The molecule has 1 aliphatic rings. The maximum atomic E-state index is 14.0. The van der Waals surface area contributed by atoms with Crippen molar-refractivity contribution in [2.24, 2.45) is 10.7 Å². The van der Waals surface area contributed by atoms with Crippen molar-refractivity contribution >= 4 is 45.7 Å². The Balaban J connectivity index is 0.991. The van der Waals surface area contributed by atoms with Crippen LogP contribution in [-0.2, 0) is 83.2 Å². The first-order valence-corrected chi connectivity index (χ1v) is 26.9. The summed E-state index contributed by atoms with van der Waals surface area (Å²) in [6.45, 7) is 11.6. The smallest absolute Gasteiger partial charge is 0.407 e. The van der Waals surface area contributed by atoms with Gasteiger partial charge in [0.05, 0.1) is 157 Å². The third-order valence-corrected chi connectivity index (χ3v) is 11.1. The Hall–Kier alpha value is -4.96. The highest BCUT2D eigenvalue weighted by molar-refractivity contribution is 7.85. The quantitative estimate of drug-likeness (QED) is 0.0162. The molecule has 1 aliphatic heterocycles. The molecule has 1 aromatic heterocycles. The number of amidine groups is 1. The molecule has 2 aromatic rings. The lowest BCUT2D eigenvalue weighted by atomic mass is 10.1. The first-order valence-electron chi connectivity index (χ1n) is 25.5. The molecule has 0 spiro atoms. The first kappa shape index (κ1) is 67.3. The molecule has 0 atom stereocenters. The number of alkyl carbamates (subject to hydrolysis) is 1. The van der Waals surface area contributed by atoms with Crippen molar-refractivity contribution < 1.29 is 107 Å². The number of esters is 1. The fourth-order valence-corrected chi connectivity index (χ4v) is 7.22. The lowest BCUT2D eigenvalue weighted by Crippen LogP contribution is -2.34. The van der Waals surface area contributed by atoms with Gasteiger partial charge in [-0.25, -0.2) is 23.6 Å². The van der Waals surface area contributed by atoms with Crippen LogP contribution in [0, 0.1) is 23.3 Å². The van der Waals surface area contributed by atoms with Crippen LogP contribution in [0.15, 0.2) is 21.7 Å². The number of unbranched alkanes of at least 4 members (excludes halogenated alkanes) is 2. The van der Waals surface area contributed by atoms with E-state index in [0.717, 1.165) is 25.7 Å². The zero-order valence-corrected chi connectivity index (χ0v) is 45.0. The summed E-state index contributed by atoms with van der Waals surface area (Å²) in [7, 11) is -5.65. The lowest BCUT2D eigenvalue weighted by Gasteiger charge is -2.21. The Morgan fingerprint density at radius 2 is 1.14 bits per heavy atom. The summed E-state index contributed by atoms with van der Waals surface area (Å²) in [5, 5.41) is 8.56. The van der Waals surface area contributed by atoms with Crippen molar-refractivity contribution in [1.29, 1.82) is 0 Å². The summed E-state index contributed by atoms with van der Waals surface area (Å²) in [5.41, 5.74) is 7.93. The number of carbonyl (C=O) groups excluding carboxylic acids is 3. The molecule has 0 saturated heterocycles. The summed E-state index contributed by atoms with van der Waals surface area (Å²) in [4.78, 5) is 44.8. The Morgan fingerprint density at radius 1 is 0.679 bits per heavy atom. The van der Waals surface area contributed by atoms with Gasteiger partial charge in [-0.05, 0) is 38.7 Å². The molecule has 78 heavy (non-hydrogen) atoms. The van der Waals surface area contributed by atoms with Crippen molar-refractivity contribution in [2.45, 2.75) is 63.8 Å². The molecule has 0 fully saturated rings. The van der Waals surface area contributed by atoms with Gasteiger partial charge >= 0.3 is 22.2 Å². The second kappa shape index (κ2) is 40.3. The van der Waals surface area contributed by atoms with E-state index in [-0.39, 0.29) is 58.6 Å². The number of hydrogen-bond donors (Lipinski definition) is 3. The van der Waals surface area contributed by atoms with Crippen molar-refractivity contribution in [3.8, 4) is 5.75 Å². The maximum Gasteiger partial charge on any atom is 0.407 e. The number of hydroxylamine groups is 2. The molecular formula is C48H74F4N6O19S. The van der Waals surface area contributed by atoms with Crippen LogP contribution >= 0.6 is 0 Å². The lowest BCUT2D eigenvalue weighted by molar-refractivity contribution is -0.180. The van der Waals surface area contributed by atoms with Gasteiger partial charge in [0.1, 0.15) is 18.1 Å². The van der Waals surface area contributed by atoms with Crippen LogP contribution in [0.4, 0.5) is 28.0 Å². The number of hydrogen-bond acceptors (Lipinski definition) is 21. The predicted molar refractivity (Wildman–Crippen MR) is 267 cm³/mol. The van der Waals surface area contributed by atoms with E-state index < -0.39 is 62.5 Å². The fraction of sp³-hybridized carbons (Fsp3) is 0.688. The van der Waals surface area contributed by atoms with Crippen LogP contribution in [0.2, 0.25) is 0 Å². The minimum absolute atomic E-state index is 0.0169. The minimum atomic E-state index is -5.65. The van der Waals surface area contributed by atoms with Crippen LogP contribution in [-0.4, -0.2) is 210 Å². The van der Waals surface area contributed by atoms with E-state index in [1.54, 1.807) is 12.3 Å². The number of benzene rings is 1. The third-order valence-electron chi connectivity index (χ3n) is 10.3. The number of aromatic nitrogens is 2. The molecule has 4 N–H and O–H groups in total. The van der Waals surface area contributed by atoms with Crippen LogP contribution < -0.4 is 15.8 Å².